The Morgan fingerprint density at radius 1 is 0.577 bits per heavy atom. The lowest BCUT2D eigenvalue weighted by atomic mass is 9.59. The van der Waals surface area contributed by atoms with Crippen LogP contribution in [0.25, 0.3) is 0 Å². The highest BCUT2D eigenvalue weighted by atomic mass is 79.9. The van der Waals surface area contributed by atoms with E-state index in [4.69, 9.17) is 9.97 Å². The second-order valence-corrected chi connectivity index (χ2v) is 16.4. The summed E-state index contributed by atoms with van der Waals surface area (Å²) in [6.07, 6.45) is 7.28. The van der Waals surface area contributed by atoms with Crippen molar-refractivity contribution in [1.82, 2.24) is 9.97 Å². The van der Waals surface area contributed by atoms with Crippen molar-refractivity contribution in [3.63, 3.8) is 0 Å². The lowest BCUT2D eigenvalue weighted by molar-refractivity contribution is 0.112. The number of fused-ring (bicyclic) bond motifs is 12. The minimum Gasteiger partial charge on any atom is -0.318 e. The third-order valence-electron chi connectivity index (χ3n) is 12.2. The highest BCUT2D eigenvalue weighted by Crippen LogP contribution is 2.67. The van der Waals surface area contributed by atoms with Crippen LogP contribution in [-0.4, -0.2) is 22.3 Å². The van der Waals surface area contributed by atoms with E-state index in [1.165, 1.54) is 39.6 Å². The number of nitrogens with zero attached hydrogens (tertiary/aromatic N) is 6. The lowest BCUT2D eigenvalue weighted by Gasteiger charge is -2.57. The van der Waals surface area contributed by atoms with Gasteiger partial charge in [0, 0.05) is 44.1 Å². The fourth-order valence-electron chi connectivity index (χ4n) is 10.1. The average Bonchev–Trinajstić information content (AvgIpc) is 3.70. The quantitative estimate of drug-likeness (QED) is 0.177. The van der Waals surface area contributed by atoms with Gasteiger partial charge in [0.05, 0.1) is 16.8 Å². The van der Waals surface area contributed by atoms with E-state index in [0.717, 1.165) is 52.0 Å². The molecule has 1 aromatic heterocycles. The van der Waals surface area contributed by atoms with E-state index in [1.807, 2.05) is 12.4 Å². The first-order chi connectivity index (χ1) is 25.5. The molecular formula is C44H38Br2N6. The minimum absolute atomic E-state index is 0.0858. The molecule has 0 aliphatic carbocycles. The Balaban J connectivity index is 1.37. The fourth-order valence-corrected chi connectivity index (χ4v) is 10.8. The molecule has 0 radical (unpaired) electrons. The van der Waals surface area contributed by atoms with E-state index < -0.39 is 5.41 Å². The van der Waals surface area contributed by atoms with Crippen molar-refractivity contribution in [3.05, 3.63) is 154 Å². The van der Waals surface area contributed by atoms with Crippen LogP contribution in [-0.2, 0) is 11.8 Å². The van der Waals surface area contributed by atoms with Gasteiger partial charge < -0.3 is 19.6 Å². The standard InChI is InChI=1S/C44H38Br2N6/c1-3-43(4-2)28-44(42-50(33-15-9-6-10-16-33)39-40(48-24-23-47-39)52(42)38-26-31(46)21-22-34(38)43)27-29-19-20-30(45)25-37(29)51-36-18-12-11-17-35(36)49(41(44)51)32-13-7-5-8-14-32/h5-26,41-42H,3-4,27-28H2,1-2H3. The van der Waals surface area contributed by atoms with Gasteiger partial charge in [-0.05, 0) is 103 Å². The zero-order valence-electron chi connectivity index (χ0n) is 29.1. The third kappa shape index (κ3) is 4.40. The Kier molecular flexibility index (Phi) is 7.35. The van der Waals surface area contributed by atoms with E-state index in [9.17, 15) is 0 Å². The second-order valence-electron chi connectivity index (χ2n) is 14.6. The Morgan fingerprint density at radius 2 is 1.12 bits per heavy atom. The van der Waals surface area contributed by atoms with Crippen molar-refractivity contribution in [2.24, 2.45) is 5.41 Å². The molecule has 10 rings (SSSR count). The molecule has 52 heavy (non-hydrogen) atoms. The van der Waals surface area contributed by atoms with Crippen molar-refractivity contribution in [2.45, 2.75) is 57.3 Å². The van der Waals surface area contributed by atoms with Gasteiger partial charge >= 0.3 is 0 Å². The second kappa shape index (κ2) is 11.9. The van der Waals surface area contributed by atoms with Crippen LogP contribution < -0.4 is 19.6 Å². The summed E-state index contributed by atoms with van der Waals surface area (Å²) in [6, 6.07) is 44.7. The van der Waals surface area contributed by atoms with E-state index >= 15 is 0 Å². The van der Waals surface area contributed by atoms with Gasteiger partial charge in [-0.1, -0.05) is 106 Å². The highest BCUT2D eigenvalue weighted by Gasteiger charge is 2.66. The largest absolute Gasteiger partial charge is 0.318 e. The molecule has 6 aromatic rings. The first-order valence-corrected chi connectivity index (χ1v) is 19.8. The van der Waals surface area contributed by atoms with Gasteiger partial charge in [-0.15, -0.1) is 0 Å². The number of hydrogen-bond donors (Lipinski definition) is 0. The number of anilines is 8. The molecule has 1 spiro atoms. The molecule has 5 heterocycles. The number of benzene rings is 5. The summed E-state index contributed by atoms with van der Waals surface area (Å²) in [5.41, 5.74) is 9.40. The van der Waals surface area contributed by atoms with Crippen molar-refractivity contribution < 1.29 is 0 Å². The van der Waals surface area contributed by atoms with Gasteiger partial charge in [0.15, 0.2) is 11.6 Å². The van der Waals surface area contributed by atoms with Crippen LogP contribution in [0.2, 0.25) is 0 Å². The molecule has 0 fully saturated rings. The molecule has 0 bridgehead atoms. The van der Waals surface area contributed by atoms with Crippen LogP contribution in [0.15, 0.2) is 143 Å². The van der Waals surface area contributed by atoms with Crippen LogP contribution in [0, 0.1) is 5.41 Å². The summed E-state index contributed by atoms with van der Waals surface area (Å²) in [5, 5.41) is 0. The molecule has 4 aliphatic heterocycles. The van der Waals surface area contributed by atoms with Crippen molar-refractivity contribution in [3.8, 4) is 0 Å². The zero-order chi connectivity index (χ0) is 35.2. The summed E-state index contributed by atoms with van der Waals surface area (Å²) in [7, 11) is 0. The molecule has 0 N–H and O–H groups in total. The smallest absolute Gasteiger partial charge is 0.178 e. The van der Waals surface area contributed by atoms with Gasteiger partial charge in [-0.25, -0.2) is 9.97 Å². The molecule has 0 saturated heterocycles. The Morgan fingerprint density at radius 3 is 1.77 bits per heavy atom. The van der Waals surface area contributed by atoms with Gasteiger partial charge in [0.1, 0.15) is 12.3 Å². The van der Waals surface area contributed by atoms with Crippen molar-refractivity contribution in [1.29, 1.82) is 0 Å². The minimum atomic E-state index is -0.411. The maximum Gasteiger partial charge on any atom is 0.178 e. The van der Waals surface area contributed by atoms with E-state index in [1.54, 1.807) is 0 Å². The van der Waals surface area contributed by atoms with Crippen LogP contribution in [0.5, 0.6) is 0 Å². The maximum absolute atomic E-state index is 5.20. The summed E-state index contributed by atoms with van der Waals surface area (Å²) < 4.78 is 2.14. The fraction of sp³-hybridized carbons (Fsp3) is 0.227. The number of hydrogen-bond acceptors (Lipinski definition) is 6. The Labute approximate surface area is 322 Å². The lowest BCUT2D eigenvalue weighted by Crippen LogP contribution is -2.66. The molecule has 3 atom stereocenters. The van der Waals surface area contributed by atoms with E-state index in [-0.39, 0.29) is 17.7 Å². The molecule has 0 saturated carbocycles. The predicted molar refractivity (Wildman–Crippen MR) is 219 cm³/mol. The molecule has 8 heteroatoms. The monoisotopic (exact) mass is 808 g/mol. The van der Waals surface area contributed by atoms with Crippen LogP contribution >= 0.6 is 31.9 Å². The molecule has 258 valence electrons. The maximum atomic E-state index is 5.20. The van der Waals surface area contributed by atoms with Gasteiger partial charge in [0.2, 0.25) is 0 Å². The summed E-state index contributed by atoms with van der Waals surface area (Å²) in [4.78, 5) is 20.7. The summed E-state index contributed by atoms with van der Waals surface area (Å²) in [6.45, 7) is 4.79. The average molecular weight is 811 g/mol. The van der Waals surface area contributed by atoms with Crippen molar-refractivity contribution in [2.75, 3.05) is 19.6 Å². The van der Waals surface area contributed by atoms with Gasteiger partial charge in [-0.2, -0.15) is 0 Å². The predicted octanol–water partition coefficient (Wildman–Crippen LogP) is 11.9. The van der Waals surface area contributed by atoms with Crippen LogP contribution in [0.1, 0.15) is 44.2 Å². The van der Waals surface area contributed by atoms with E-state index in [0.29, 0.717) is 0 Å². The molecular weight excluding hydrogens is 772 g/mol. The zero-order valence-corrected chi connectivity index (χ0v) is 32.3. The molecule has 3 unspecified atom stereocenters. The number of para-hydroxylation sites is 4. The van der Waals surface area contributed by atoms with Gasteiger partial charge in [-0.3, -0.25) is 0 Å². The third-order valence-corrected chi connectivity index (χ3v) is 13.2. The number of rotatable bonds is 4. The first-order valence-electron chi connectivity index (χ1n) is 18.2. The molecule has 6 nitrogen and oxygen atoms in total. The highest BCUT2D eigenvalue weighted by molar-refractivity contribution is 9.10. The Bertz CT molecular complexity index is 2330. The van der Waals surface area contributed by atoms with E-state index in [2.05, 4.69) is 187 Å². The van der Waals surface area contributed by atoms with Gasteiger partial charge in [0.25, 0.3) is 0 Å². The Hall–Kier alpha value is -4.66. The molecule has 5 aromatic carbocycles. The summed E-state index contributed by atoms with van der Waals surface area (Å²) in [5.74, 6) is 1.78. The number of halogens is 2. The van der Waals surface area contributed by atoms with Crippen molar-refractivity contribution >= 4 is 77.6 Å². The van der Waals surface area contributed by atoms with Crippen LogP contribution in [0.4, 0.5) is 45.8 Å². The SMILES string of the molecule is CCC1(CC)CC2(Cc3ccc(Br)cc3N3c4ccccc4N(c4ccccc4)C32)C2N(c3ccccc3)c3nccnc3N2c2cc(Br)ccc21. The summed E-state index contributed by atoms with van der Waals surface area (Å²) >= 11 is 7.80. The first kappa shape index (κ1) is 32.0. The topological polar surface area (TPSA) is 38.7 Å². The van der Waals surface area contributed by atoms with Crippen LogP contribution in [0.3, 0.4) is 0 Å². The molecule has 0 amide bonds. The molecule has 4 aliphatic rings. The number of aromatic nitrogens is 2. The normalized spacial score (nSPS) is 21.9.